The molecule has 0 unspecified atom stereocenters. The van der Waals surface area contributed by atoms with Gasteiger partial charge in [-0.05, 0) is 54.1 Å². The molecule has 2 heterocycles. The highest BCUT2D eigenvalue weighted by Gasteiger charge is 2.40. The lowest BCUT2D eigenvalue weighted by Gasteiger charge is -2.16. The van der Waals surface area contributed by atoms with E-state index in [1.807, 2.05) is 0 Å². The number of ether oxygens (including phenoxy) is 2. The van der Waals surface area contributed by atoms with E-state index in [9.17, 15) is 18.8 Å². The van der Waals surface area contributed by atoms with Crippen molar-refractivity contribution in [1.29, 1.82) is 0 Å². The summed E-state index contributed by atoms with van der Waals surface area (Å²) in [5.41, 5.74) is 1.91. The Kier molecular flexibility index (Phi) is 5.21. The van der Waals surface area contributed by atoms with Crippen LogP contribution in [0.3, 0.4) is 0 Å². The summed E-state index contributed by atoms with van der Waals surface area (Å²) >= 11 is 0. The molecular formula is C25H18FN3O5. The second-order valence-electron chi connectivity index (χ2n) is 7.62. The number of fused-ring (bicyclic) bond motifs is 1. The van der Waals surface area contributed by atoms with Gasteiger partial charge in [0.1, 0.15) is 11.5 Å². The monoisotopic (exact) mass is 459 g/mol. The zero-order valence-corrected chi connectivity index (χ0v) is 17.9. The lowest BCUT2D eigenvalue weighted by atomic mass is 10.0. The first-order valence-corrected chi connectivity index (χ1v) is 10.3. The largest absolute Gasteiger partial charge is 0.454 e. The molecule has 2 aliphatic rings. The first-order chi connectivity index (χ1) is 16.4. The molecule has 3 aromatic carbocycles. The van der Waals surface area contributed by atoms with Gasteiger partial charge in [0.05, 0.1) is 11.3 Å². The Morgan fingerprint density at radius 2 is 1.56 bits per heavy atom. The van der Waals surface area contributed by atoms with E-state index < -0.39 is 17.6 Å². The Balaban J connectivity index is 1.53. The summed E-state index contributed by atoms with van der Waals surface area (Å²) in [5.74, 6) is -0.751. The molecule has 0 bridgehead atoms. The lowest BCUT2D eigenvalue weighted by Crippen LogP contribution is -2.32. The van der Waals surface area contributed by atoms with Crippen molar-refractivity contribution in [3.8, 4) is 11.5 Å². The van der Waals surface area contributed by atoms with Crippen LogP contribution in [0.4, 0.5) is 21.5 Å². The predicted molar refractivity (Wildman–Crippen MR) is 123 cm³/mol. The molecule has 34 heavy (non-hydrogen) atoms. The minimum absolute atomic E-state index is 0.0430. The van der Waals surface area contributed by atoms with Gasteiger partial charge in [-0.1, -0.05) is 12.1 Å². The maximum absolute atomic E-state index is 13.5. The number of nitrogens with one attached hydrogen (secondary N) is 2. The number of benzene rings is 3. The van der Waals surface area contributed by atoms with Crippen LogP contribution >= 0.6 is 0 Å². The number of carbonyl (C=O) groups is 3. The van der Waals surface area contributed by atoms with Crippen LogP contribution in [0.1, 0.15) is 12.5 Å². The van der Waals surface area contributed by atoms with E-state index in [1.165, 1.54) is 31.2 Å². The van der Waals surface area contributed by atoms with Crippen LogP contribution in [0.15, 0.2) is 72.4 Å². The van der Waals surface area contributed by atoms with E-state index in [0.29, 0.717) is 34.1 Å². The van der Waals surface area contributed by atoms with Crippen molar-refractivity contribution < 1.29 is 28.2 Å². The molecule has 0 saturated carbocycles. The fraction of sp³-hybridized carbons (Fsp3) is 0.0800. The highest BCUT2D eigenvalue weighted by molar-refractivity contribution is 6.46. The highest BCUT2D eigenvalue weighted by Crippen LogP contribution is 2.37. The summed E-state index contributed by atoms with van der Waals surface area (Å²) in [6.07, 6.45) is 0. The first-order valence-electron chi connectivity index (χ1n) is 10.3. The van der Waals surface area contributed by atoms with Crippen molar-refractivity contribution in [3.05, 3.63) is 83.8 Å². The average molecular weight is 459 g/mol. The number of halogens is 1. The van der Waals surface area contributed by atoms with E-state index in [1.54, 1.807) is 42.5 Å². The zero-order valence-electron chi connectivity index (χ0n) is 17.9. The molecule has 0 aliphatic carbocycles. The summed E-state index contributed by atoms with van der Waals surface area (Å²) in [4.78, 5) is 39.2. The molecule has 2 N–H and O–H groups in total. The second kappa shape index (κ2) is 8.36. The third-order valence-corrected chi connectivity index (χ3v) is 5.30. The average Bonchev–Trinajstić information content (AvgIpc) is 3.37. The predicted octanol–water partition coefficient (Wildman–Crippen LogP) is 3.91. The molecule has 8 nitrogen and oxygen atoms in total. The van der Waals surface area contributed by atoms with Crippen LogP contribution in [0, 0.1) is 5.82 Å². The second-order valence-corrected chi connectivity index (χ2v) is 7.62. The van der Waals surface area contributed by atoms with E-state index in [-0.39, 0.29) is 24.0 Å². The minimum Gasteiger partial charge on any atom is -0.454 e. The fourth-order valence-electron chi connectivity index (χ4n) is 3.78. The molecule has 0 saturated heterocycles. The lowest BCUT2D eigenvalue weighted by molar-refractivity contribution is -0.120. The first kappa shape index (κ1) is 21.2. The van der Waals surface area contributed by atoms with Crippen molar-refractivity contribution in [2.24, 2.45) is 0 Å². The highest BCUT2D eigenvalue weighted by atomic mass is 19.1. The number of hydrogen-bond donors (Lipinski definition) is 2. The summed E-state index contributed by atoms with van der Waals surface area (Å²) < 4.78 is 24.3. The van der Waals surface area contributed by atoms with Crippen molar-refractivity contribution in [2.75, 3.05) is 22.3 Å². The van der Waals surface area contributed by atoms with Gasteiger partial charge in [0.25, 0.3) is 11.8 Å². The molecule has 3 amide bonds. The number of rotatable bonds is 5. The quantitative estimate of drug-likeness (QED) is 0.562. The van der Waals surface area contributed by atoms with Gasteiger partial charge < -0.3 is 20.1 Å². The third-order valence-electron chi connectivity index (χ3n) is 5.30. The van der Waals surface area contributed by atoms with Gasteiger partial charge >= 0.3 is 0 Å². The van der Waals surface area contributed by atoms with E-state index in [4.69, 9.17) is 9.47 Å². The van der Waals surface area contributed by atoms with Crippen LogP contribution in [0.25, 0.3) is 5.57 Å². The fourth-order valence-corrected chi connectivity index (χ4v) is 3.78. The molecule has 2 aliphatic heterocycles. The van der Waals surface area contributed by atoms with Crippen molar-refractivity contribution in [3.63, 3.8) is 0 Å². The Bertz CT molecular complexity index is 1350. The minimum atomic E-state index is -0.575. The number of amides is 3. The third kappa shape index (κ3) is 3.83. The Morgan fingerprint density at radius 1 is 0.882 bits per heavy atom. The standard InChI is InChI=1S/C25H18FN3O5/c1-14(30)27-17-6-9-19(10-7-17)29-24(31)22(15-2-4-16(26)5-3-15)23(25(29)32)28-18-8-11-20-21(12-18)34-13-33-20/h2-12,28H,13H2,1H3,(H,27,30). The van der Waals surface area contributed by atoms with E-state index in [0.717, 1.165) is 4.90 Å². The number of nitrogens with zero attached hydrogens (tertiary/aromatic N) is 1. The molecule has 0 fully saturated rings. The van der Waals surface area contributed by atoms with Gasteiger partial charge in [0, 0.05) is 24.4 Å². The molecule has 0 aromatic heterocycles. The Morgan fingerprint density at radius 3 is 2.26 bits per heavy atom. The topological polar surface area (TPSA) is 97.0 Å². The molecule has 5 rings (SSSR count). The Hall–Kier alpha value is -4.66. The molecule has 0 radical (unpaired) electrons. The van der Waals surface area contributed by atoms with E-state index in [2.05, 4.69) is 10.6 Å². The summed E-state index contributed by atoms with van der Waals surface area (Å²) in [6.45, 7) is 1.48. The van der Waals surface area contributed by atoms with Gasteiger partial charge in [-0.3, -0.25) is 14.4 Å². The smallest absolute Gasteiger partial charge is 0.282 e. The normalized spacial score (nSPS) is 14.6. The number of carbonyl (C=O) groups excluding carboxylic acids is 3. The van der Waals surface area contributed by atoms with Crippen molar-refractivity contribution in [1.82, 2.24) is 0 Å². The molecule has 9 heteroatoms. The molecular weight excluding hydrogens is 441 g/mol. The Labute approximate surface area is 193 Å². The maximum Gasteiger partial charge on any atom is 0.282 e. The number of anilines is 3. The van der Waals surface area contributed by atoms with E-state index >= 15 is 0 Å². The molecule has 3 aromatic rings. The molecule has 0 atom stereocenters. The molecule has 170 valence electrons. The van der Waals surface area contributed by atoms with Gasteiger partial charge in [0.15, 0.2) is 11.5 Å². The summed E-state index contributed by atoms with van der Waals surface area (Å²) in [5, 5.41) is 5.67. The van der Waals surface area contributed by atoms with Crippen LogP contribution in [-0.2, 0) is 14.4 Å². The van der Waals surface area contributed by atoms with Gasteiger partial charge in [-0.15, -0.1) is 0 Å². The zero-order chi connectivity index (χ0) is 23.8. The number of hydrogen-bond acceptors (Lipinski definition) is 6. The van der Waals surface area contributed by atoms with Crippen LogP contribution in [0.5, 0.6) is 11.5 Å². The van der Waals surface area contributed by atoms with Crippen LogP contribution in [0.2, 0.25) is 0 Å². The van der Waals surface area contributed by atoms with Gasteiger partial charge in [0.2, 0.25) is 12.7 Å². The maximum atomic E-state index is 13.5. The summed E-state index contributed by atoms with van der Waals surface area (Å²) in [7, 11) is 0. The molecule has 0 spiro atoms. The van der Waals surface area contributed by atoms with Crippen LogP contribution in [-0.4, -0.2) is 24.5 Å². The summed E-state index contributed by atoms with van der Waals surface area (Å²) in [6, 6.07) is 16.7. The van der Waals surface area contributed by atoms with Crippen molar-refractivity contribution in [2.45, 2.75) is 6.92 Å². The van der Waals surface area contributed by atoms with Gasteiger partial charge in [-0.25, -0.2) is 9.29 Å². The van der Waals surface area contributed by atoms with Crippen LogP contribution < -0.4 is 25.0 Å². The van der Waals surface area contributed by atoms with Crippen molar-refractivity contribution >= 4 is 40.4 Å². The van der Waals surface area contributed by atoms with Gasteiger partial charge in [-0.2, -0.15) is 0 Å². The number of imide groups is 1. The SMILES string of the molecule is CC(=O)Nc1ccc(N2C(=O)C(Nc3ccc4c(c3)OCO4)=C(c3ccc(F)cc3)C2=O)cc1.